The topological polar surface area (TPSA) is 109 Å². The normalized spacial score (nSPS) is 15.0. The van der Waals surface area contributed by atoms with Gasteiger partial charge in [0.1, 0.15) is 0 Å². The molecule has 0 aromatic rings. The summed E-state index contributed by atoms with van der Waals surface area (Å²) in [6.07, 6.45) is -27.9. The molecule has 29 heteroatoms. The van der Waals surface area contributed by atoms with Crippen molar-refractivity contribution in [3.05, 3.63) is 0 Å². The van der Waals surface area contributed by atoms with Gasteiger partial charge in [0.25, 0.3) is 0 Å². The molecule has 6 nitrogen and oxygen atoms in total. The molecule has 0 spiro atoms. The number of alkyl halides is 20. The van der Waals surface area contributed by atoms with Crippen molar-refractivity contribution in [1.82, 2.24) is 0 Å². The SMILES string of the molecule is FC(F)(F)C(F)(F)C(F)(F)C(F)(F)F.FC(F)(F)C(F)(F)C(F)(F)C(F)(F)F.O=S(=O)(O)S(=O)(=O)O.[H-].[K+]. The molecule has 0 radical (unpaired) electrons. The Hall–Kier alpha value is 0.0564. The molecule has 0 rings (SSSR count). The van der Waals surface area contributed by atoms with Crippen LogP contribution in [0.3, 0.4) is 0 Å². The van der Waals surface area contributed by atoms with Gasteiger partial charge in [-0.05, 0) is 0 Å². The maximum absolute atomic E-state index is 11.6. The van der Waals surface area contributed by atoms with Crippen LogP contribution in [0.2, 0.25) is 0 Å². The molecule has 0 amide bonds. The minimum atomic E-state index is -7.14. The fourth-order valence-corrected chi connectivity index (χ4v) is 0.712. The molecule has 0 heterocycles. The summed E-state index contributed by atoms with van der Waals surface area (Å²) in [4.78, 5) is 0. The second-order valence-corrected chi connectivity index (χ2v) is 9.38. The third-order valence-corrected chi connectivity index (χ3v) is 4.61. The van der Waals surface area contributed by atoms with Crippen LogP contribution in [0.25, 0.3) is 0 Å². The Labute approximate surface area is 232 Å². The summed E-state index contributed by atoms with van der Waals surface area (Å²) in [5.74, 6) is -28.6. The van der Waals surface area contributed by atoms with Gasteiger partial charge in [0.15, 0.2) is 0 Å². The van der Waals surface area contributed by atoms with Crippen LogP contribution in [0, 0.1) is 0 Å². The average molecular weight is 678 g/mol. The van der Waals surface area contributed by atoms with Crippen molar-refractivity contribution in [1.29, 1.82) is 0 Å². The third-order valence-electron chi connectivity index (χ3n) is 2.48. The predicted molar refractivity (Wildman–Crippen MR) is 68.2 cm³/mol. The van der Waals surface area contributed by atoms with Crippen molar-refractivity contribution in [3.8, 4) is 0 Å². The summed E-state index contributed by atoms with van der Waals surface area (Å²) >= 11 is 0. The van der Waals surface area contributed by atoms with Crippen LogP contribution >= 0.6 is 0 Å². The molecule has 0 aliphatic carbocycles. The Bertz CT molecular complexity index is 820. The summed E-state index contributed by atoms with van der Waals surface area (Å²) in [5, 5.41) is 0. The molecule has 37 heavy (non-hydrogen) atoms. The van der Waals surface area contributed by atoms with Gasteiger partial charge in [-0.2, -0.15) is 105 Å². The monoisotopic (exact) mass is 678 g/mol. The van der Waals surface area contributed by atoms with E-state index in [0.29, 0.717) is 0 Å². The molecular weight excluding hydrogens is 675 g/mol. The number of hydrogen-bond donors (Lipinski definition) is 2. The summed E-state index contributed by atoms with van der Waals surface area (Å²) in [6, 6.07) is 0. The first-order chi connectivity index (χ1) is 14.8. The first-order valence-corrected chi connectivity index (χ1v) is 9.88. The Morgan fingerprint density at radius 1 is 0.351 bits per heavy atom. The standard InChI is InChI=1S/2C4F10.K.H2O6S2.H/c2*5-1(6,3(9,10)11)2(7,8)4(12,13)14;;1-7(2,3)8(4,5)6;/h;;;(H,1,2,3)(H,4,5,6);/q;;+1;;-1. The molecule has 0 aliphatic heterocycles. The average Bonchev–Trinajstić information content (AvgIpc) is 2.49. The van der Waals surface area contributed by atoms with Crippen molar-refractivity contribution >= 4 is 18.3 Å². The minimum Gasteiger partial charge on any atom is -1.00 e. The van der Waals surface area contributed by atoms with Crippen LogP contribution in [0.4, 0.5) is 87.8 Å². The summed E-state index contributed by atoms with van der Waals surface area (Å²) in [7, 11) is -10.6. The van der Waals surface area contributed by atoms with E-state index in [9.17, 15) is 105 Å². The molecule has 2 N–H and O–H groups in total. The first-order valence-electron chi connectivity index (χ1n) is 6.48. The van der Waals surface area contributed by atoms with Crippen LogP contribution in [-0.2, 0) is 18.3 Å². The van der Waals surface area contributed by atoms with Gasteiger partial charge in [0, 0.05) is 0 Å². The van der Waals surface area contributed by atoms with Crippen molar-refractivity contribution in [2.24, 2.45) is 0 Å². The Morgan fingerprint density at radius 3 is 0.459 bits per heavy atom. The van der Waals surface area contributed by atoms with Gasteiger partial charge in [-0.1, -0.05) is 0 Å². The number of rotatable bonds is 3. The molecule has 0 saturated carbocycles. The van der Waals surface area contributed by atoms with E-state index < -0.39 is 66.7 Å². The van der Waals surface area contributed by atoms with Gasteiger partial charge < -0.3 is 1.43 Å². The summed E-state index contributed by atoms with van der Waals surface area (Å²) in [6.45, 7) is 0. The van der Waals surface area contributed by atoms with Crippen molar-refractivity contribution in [2.45, 2.75) is 48.4 Å². The van der Waals surface area contributed by atoms with E-state index >= 15 is 0 Å². The minimum absolute atomic E-state index is 0. The molecule has 0 saturated heterocycles. The molecule has 0 aromatic carbocycles. The number of hydrogen-bond acceptors (Lipinski definition) is 4. The smallest absolute Gasteiger partial charge is 1.00 e. The first kappa shape index (κ1) is 44.1. The fourth-order valence-electron chi connectivity index (χ4n) is 0.712. The van der Waals surface area contributed by atoms with Crippen LogP contribution < -0.4 is 51.4 Å². The van der Waals surface area contributed by atoms with E-state index in [-0.39, 0.29) is 52.8 Å². The zero-order chi connectivity index (χ0) is 31.0. The molecule has 0 aliphatic rings. The van der Waals surface area contributed by atoms with Crippen molar-refractivity contribution in [3.63, 3.8) is 0 Å². The van der Waals surface area contributed by atoms with Gasteiger partial charge in [-0.25, -0.2) is 0 Å². The van der Waals surface area contributed by atoms with E-state index in [4.69, 9.17) is 9.11 Å². The Kier molecular flexibility index (Phi) is 14.6. The third kappa shape index (κ3) is 10.5. The largest absolute Gasteiger partial charge is 1.00 e. The molecule has 0 bridgehead atoms. The maximum Gasteiger partial charge on any atom is 1.00 e. The summed E-state index contributed by atoms with van der Waals surface area (Å²) < 4.78 is 279. The zero-order valence-corrected chi connectivity index (χ0v) is 20.7. The summed E-state index contributed by atoms with van der Waals surface area (Å²) in [5.41, 5.74) is 0. The zero-order valence-electron chi connectivity index (χ0n) is 16.9. The Morgan fingerprint density at radius 2 is 0.432 bits per heavy atom. The van der Waals surface area contributed by atoms with Crippen molar-refractivity contribution < 1.29 is 167 Å². The molecule has 224 valence electrons. The van der Waals surface area contributed by atoms with Crippen LogP contribution in [-0.4, -0.2) is 74.3 Å². The fraction of sp³-hybridized carbons (Fsp3) is 1.00. The van der Waals surface area contributed by atoms with Crippen LogP contribution in [0.5, 0.6) is 0 Å². The predicted octanol–water partition coefficient (Wildman–Crippen LogP) is 2.56. The quantitative estimate of drug-likeness (QED) is 0.206. The second kappa shape index (κ2) is 12.3. The molecule has 0 fully saturated rings. The van der Waals surface area contributed by atoms with E-state index in [1.807, 2.05) is 0 Å². The second-order valence-electron chi connectivity index (χ2n) is 5.14. The molecule has 0 atom stereocenters. The van der Waals surface area contributed by atoms with E-state index in [0.717, 1.165) is 0 Å². The molecular formula is C8H3F20KO6S2. The van der Waals surface area contributed by atoms with Crippen LogP contribution in [0.1, 0.15) is 1.43 Å². The van der Waals surface area contributed by atoms with Gasteiger partial charge in [0.2, 0.25) is 0 Å². The van der Waals surface area contributed by atoms with E-state index in [1.165, 1.54) is 0 Å². The van der Waals surface area contributed by atoms with Gasteiger partial charge in [0.05, 0.1) is 0 Å². The van der Waals surface area contributed by atoms with E-state index in [2.05, 4.69) is 0 Å². The molecule has 0 aromatic heterocycles. The van der Waals surface area contributed by atoms with Gasteiger partial charge in [-0.15, -0.1) is 0 Å². The molecule has 0 unspecified atom stereocenters. The van der Waals surface area contributed by atoms with Gasteiger partial charge in [-0.3, -0.25) is 9.11 Å². The Balaban J connectivity index is -0.000000145. The van der Waals surface area contributed by atoms with Crippen molar-refractivity contribution in [2.75, 3.05) is 0 Å². The maximum atomic E-state index is 11.6. The van der Waals surface area contributed by atoms with E-state index in [1.54, 1.807) is 0 Å². The number of halogens is 20. The van der Waals surface area contributed by atoms with Gasteiger partial charge >= 0.3 is 118 Å². The van der Waals surface area contributed by atoms with Crippen LogP contribution in [0.15, 0.2) is 0 Å².